The van der Waals surface area contributed by atoms with Crippen molar-refractivity contribution in [1.82, 2.24) is 14.9 Å². The summed E-state index contributed by atoms with van der Waals surface area (Å²) in [6.45, 7) is 2.42. The summed E-state index contributed by atoms with van der Waals surface area (Å²) >= 11 is 0. The molecule has 0 fully saturated rings. The van der Waals surface area contributed by atoms with E-state index in [0.29, 0.717) is 17.9 Å². The molecule has 0 amide bonds. The predicted molar refractivity (Wildman–Crippen MR) is 72.4 cm³/mol. The fourth-order valence-corrected chi connectivity index (χ4v) is 1.83. The molecule has 1 aromatic heterocycles. The molecule has 0 aliphatic carbocycles. The standard InChI is InChI=1S/C14H17N3O/c1-10-13(11-7-5-4-6-8-11)15-12(9-17(2)3)16-14(10)18/h4-8H,9H2,1-3H3,(H,15,16,18). The van der Waals surface area contributed by atoms with E-state index >= 15 is 0 Å². The molecule has 0 bridgehead atoms. The van der Waals surface area contributed by atoms with Gasteiger partial charge in [0.05, 0.1) is 12.2 Å². The molecule has 1 heterocycles. The Bertz CT molecular complexity index is 588. The van der Waals surface area contributed by atoms with Crippen LogP contribution < -0.4 is 5.56 Å². The van der Waals surface area contributed by atoms with Crippen molar-refractivity contribution in [3.05, 3.63) is 52.1 Å². The van der Waals surface area contributed by atoms with Gasteiger partial charge in [0, 0.05) is 11.1 Å². The fraction of sp³-hybridized carbons (Fsp3) is 0.286. The zero-order chi connectivity index (χ0) is 13.1. The van der Waals surface area contributed by atoms with Crippen LogP contribution in [0, 0.1) is 6.92 Å². The molecule has 0 radical (unpaired) electrons. The lowest BCUT2D eigenvalue weighted by Crippen LogP contribution is -2.20. The Labute approximate surface area is 106 Å². The first-order valence-electron chi connectivity index (χ1n) is 5.88. The summed E-state index contributed by atoms with van der Waals surface area (Å²) in [5.74, 6) is 0.689. The van der Waals surface area contributed by atoms with E-state index in [4.69, 9.17) is 0 Å². The molecule has 4 nitrogen and oxygen atoms in total. The summed E-state index contributed by atoms with van der Waals surface area (Å²) in [5, 5.41) is 0. The van der Waals surface area contributed by atoms with E-state index < -0.39 is 0 Å². The minimum absolute atomic E-state index is 0.0688. The molecule has 2 aromatic rings. The number of aromatic nitrogens is 2. The molecule has 0 spiro atoms. The van der Waals surface area contributed by atoms with Crippen molar-refractivity contribution in [2.24, 2.45) is 0 Å². The highest BCUT2D eigenvalue weighted by Crippen LogP contribution is 2.18. The van der Waals surface area contributed by atoms with E-state index in [0.717, 1.165) is 11.3 Å². The first kappa shape index (κ1) is 12.5. The maximum atomic E-state index is 11.9. The smallest absolute Gasteiger partial charge is 0.254 e. The second-order valence-corrected chi connectivity index (χ2v) is 4.59. The average Bonchev–Trinajstić information content (AvgIpc) is 2.34. The SMILES string of the molecule is Cc1c(-c2ccccc2)nc(CN(C)C)[nH]c1=O. The molecular weight excluding hydrogens is 226 g/mol. The van der Waals surface area contributed by atoms with Crippen molar-refractivity contribution in [3.63, 3.8) is 0 Å². The van der Waals surface area contributed by atoms with Gasteiger partial charge in [0.15, 0.2) is 0 Å². The van der Waals surface area contributed by atoms with Crippen LogP contribution >= 0.6 is 0 Å². The number of benzene rings is 1. The van der Waals surface area contributed by atoms with Crippen LogP contribution in [0.1, 0.15) is 11.4 Å². The Balaban J connectivity index is 2.53. The van der Waals surface area contributed by atoms with Gasteiger partial charge < -0.3 is 9.88 Å². The molecule has 0 aliphatic heterocycles. The highest BCUT2D eigenvalue weighted by Gasteiger charge is 2.09. The third kappa shape index (κ3) is 2.65. The summed E-state index contributed by atoms with van der Waals surface area (Å²) in [4.78, 5) is 21.2. The first-order valence-corrected chi connectivity index (χ1v) is 5.88. The van der Waals surface area contributed by atoms with Crippen LogP contribution in [0.5, 0.6) is 0 Å². The van der Waals surface area contributed by atoms with E-state index in [2.05, 4.69) is 9.97 Å². The summed E-state index contributed by atoms with van der Waals surface area (Å²) in [7, 11) is 3.89. The van der Waals surface area contributed by atoms with Gasteiger partial charge in [0.25, 0.3) is 5.56 Å². The summed E-state index contributed by atoms with van der Waals surface area (Å²) in [6.07, 6.45) is 0. The Kier molecular flexibility index (Phi) is 3.58. The van der Waals surface area contributed by atoms with Gasteiger partial charge >= 0.3 is 0 Å². The van der Waals surface area contributed by atoms with Gasteiger partial charge in [-0.25, -0.2) is 4.98 Å². The van der Waals surface area contributed by atoms with Gasteiger partial charge in [-0.2, -0.15) is 0 Å². The highest BCUT2D eigenvalue weighted by atomic mass is 16.1. The van der Waals surface area contributed by atoms with Crippen LogP contribution in [0.25, 0.3) is 11.3 Å². The van der Waals surface area contributed by atoms with Gasteiger partial charge in [-0.3, -0.25) is 4.79 Å². The number of nitrogens with one attached hydrogen (secondary N) is 1. The number of hydrogen-bond acceptors (Lipinski definition) is 3. The van der Waals surface area contributed by atoms with Gasteiger partial charge in [0.1, 0.15) is 5.82 Å². The Morgan fingerprint density at radius 3 is 2.50 bits per heavy atom. The van der Waals surface area contributed by atoms with Crippen molar-refractivity contribution in [3.8, 4) is 11.3 Å². The molecule has 0 saturated heterocycles. The molecular formula is C14H17N3O. The zero-order valence-electron chi connectivity index (χ0n) is 10.9. The van der Waals surface area contributed by atoms with Gasteiger partial charge in [-0.1, -0.05) is 30.3 Å². The summed E-state index contributed by atoms with van der Waals surface area (Å²) < 4.78 is 0. The number of H-pyrrole nitrogens is 1. The van der Waals surface area contributed by atoms with Crippen molar-refractivity contribution < 1.29 is 0 Å². The maximum absolute atomic E-state index is 11.9. The van der Waals surface area contributed by atoms with Crippen LogP contribution in [0.3, 0.4) is 0 Å². The average molecular weight is 243 g/mol. The minimum Gasteiger partial charge on any atom is -0.309 e. The largest absolute Gasteiger partial charge is 0.309 e. The number of hydrogen-bond donors (Lipinski definition) is 1. The lowest BCUT2D eigenvalue weighted by atomic mass is 10.1. The molecule has 1 aromatic carbocycles. The summed E-state index contributed by atoms with van der Waals surface area (Å²) in [5.41, 5.74) is 2.32. The van der Waals surface area contributed by atoms with Gasteiger partial charge in [-0.05, 0) is 21.0 Å². The third-order valence-corrected chi connectivity index (χ3v) is 2.71. The lowest BCUT2D eigenvalue weighted by Gasteiger charge is -2.11. The van der Waals surface area contributed by atoms with E-state index in [1.54, 1.807) is 6.92 Å². The van der Waals surface area contributed by atoms with Crippen LogP contribution in [0.15, 0.2) is 35.1 Å². The number of rotatable bonds is 3. The Morgan fingerprint density at radius 1 is 1.22 bits per heavy atom. The van der Waals surface area contributed by atoms with Gasteiger partial charge in [-0.15, -0.1) is 0 Å². The molecule has 0 saturated carbocycles. The van der Waals surface area contributed by atoms with Gasteiger partial charge in [0.2, 0.25) is 0 Å². The topological polar surface area (TPSA) is 49.0 Å². The predicted octanol–water partition coefficient (Wildman–Crippen LogP) is 1.81. The van der Waals surface area contributed by atoms with E-state index in [-0.39, 0.29) is 5.56 Å². The second kappa shape index (κ2) is 5.14. The lowest BCUT2D eigenvalue weighted by molar-refractivity contribution is 0.390. The normalized spacial score (nSPS) is 10.9. The molecule has 0 aliphatic rings. The van der Waals surface area contributed by atoms with Crippen molar-refractivity contribution >= 4 is 0 Å². The number of aromatic amines is 1. The number of nitrogens with zero attached hydrogens (tertiary/aromatic N) is 2. The van der Waals surface area contributed by atoms with Crippen LogP contribution in [-0.2, 0) is 6.54 Å². The van der Waals surface area contributed by atoms with E-state index in [9.17, 15) is 4.79 Å². The highest BCUT2D eigenvalue weighted by molar-refractivity contribution is 5.62. The molecule has 0 unspecified atom stereocenters. The van der Waals surface area contributed by atoms with E-state index in [1.165, 1.54) is 0 Å². The minimum atomic E-state index is -0.0688. The molecule has 18 heavy (non-hydrogen) atoms. The van der Waals surface area contributed by atoms with Crippen molar-refractivity contribution in [2.75, 3.05) is 14.1 Å². The molecule has 2 rings (SSSR count). The summed E-state index contributed by atoms with van der Waals surface area (Å²) in [6, 6.07) is 9.78. The first-order chi connectivity index (χ1) is 8.58. The molecule has 94 valence electrons. The zero-order valence-corrected chi connectivity index (χ0v) is 10.9. The van der Waals surface area contributed by atoms with Crippen LogP contribution in [0.4, 0.5) is 0 Å². The van der Waals surface area contributed by atoms with E-state index in [1.807, 2.05) is 49.3 Å². The van der Waals surface area contributed by atoms with Crippen LogP contribution in [0.2, 0.25) is 0 Å². The third-order valence-electron chi connectivity index (χ3n) is 2.71. The molecule has 0 atom stereocenters. The van der Waals surface area contributed by atoms with Crippen LogP contribution in [-0.4, -0.2) is 29.0 Å². The fourth-order valence-electron chi connectivity index (χ4n) is 1.83. The molecule has 4 heteroatoms. The van der Waals surface area contributed by atoms with Crippen molar-refractivity contribution in [2.45, 2.75) is 13.5 Å². The Hall–Kier alpha value is -1.94. The quantitative estimate of drug-likeness (QED) is 0.894. The van der Waals surface area contributed by atoms with Crippen molar-refractivity contribution in [1.29, 1.82) is 0 Å². The maximum Gasteiger partial charge on any atom is 0.254 e. The Morgan fingerprint density at radius 2 is 1.89 bits per heavy atom. The molecule has 1 N–H and O–H groups in total. The monoisotopic (exact) mass is 243 g/mol. The second-order valence-electron chi connectivity index (χ2n) is 4.59.